The Morgan fingerprint density at radius 2 is 1.95 bits per heavy atom. The van der Waals surface area contributed by atoms with E-state index in [-0.39, 0.29) is 18.2 Å². The Morgan fingerprint density at radius 1 is 1.14 bits per heavy atom. The van der Waals surface area contributed by atoms with Gasteiger partial charge in [0.05, 0.1) is 11.2 Å². The van der Waals surface area contributed by atoms with E-state index >= 15 is 0 Å². The summed E-state index contributed by atoms with van der Waals surface area (Å²) in [5.41, 5.74) is 5.32. The van der Waals surface area contributed by atoms with Gasteiger partial charge in [0.25, 0.3) is 0 Å². The number of halogens is 2. The van der Waals surface area contributed by atoms with Crippen LogP contribution in [0.4, 0.5) is 4.39 Å². The average Bonchev–Trinajstić information content (AvgIpc) is 2.47. The SMILES string of the molecule is Cc1c2c(nc3ccccc13)-c1cc(F)ccc1SC2.Cl. The number of para-hydroxylation sites is 1. The molecular formula is C17H13ClFNS. The van der Waals surface area contributed by atoms with Gasteiger partial charge in [-0.2, -0.15) is 0 Å². The van der Waals surface area contributed by atoms with E-state index in [9.17, 15) is 4.39 Å². The first kappa shape index (κ1) is 14.4. The molecule has 1 aliphatic heterocycles. The number of hydrogen-bond donors (Lipinski definition) is 0. The lowest BCUT2D eigenvalue weighted by Crippen LogP contribution is -2.03. The molecule has 0 N–H and O–H groups in total. The molecule has 4 rings (SSSR count). The molecule has 1 nitrogen and oxygen atoms in total. The topological polar surface area (TPSA) is 12.9 Å². The highest BCUT2D eigenvalue weighted by Gasteiger charge is 2.21. The minimum atomic E-state index is -0.204. The van der Waals surface area contributed by atoms with Crippen LogP contribution < -0.4 is 0 Å². The summed E-state index contributed by atoms with van der Waals surface area (Å²) >= 11 is 1.76. The first-order valence-corrected chi connectivity index (χ1v) is 7.53. The van der Waals surface area contributed by atoms with Crippen LogP contribution >= 0.6 is 24.2 Å². The highest BCUT2D eigenvalue weighted by Crippen LogP contribution is 2.43. The van der Waals surface area contributed by atoms with Gasteiger partial charge in [-0.1, -0.05) is 18.2 Å². The van der Waals surface area contributed by atoms with Crippen molar-refractivity contribution in [3.05, 3.63) is 59.4 Å². The van der Waals surface area contributed by atoms with Crippen molar-refractivity contribution in [1.29, 1.82) is 0 Å². The minimum absolute atomic E-state index is 0. The smallest absolute Gasteiger partial charge is 0.123 e. The van der Waals surface area contributed by atoms with Gasteiger partial charge in [-0.15, -0.1) is 24.2 Å². The lowest BCUT2D eigenvalue weighted by molar-refractivity contribution is 0.627. The third-order valence-corrected chi connectivity index (χ3v) is 4.95. The minimum Gasteiger partial charge on any atom is -0.247 e. The van der Waals surface area contributed by atoms with Crippen LogP contribution in [-0.4, -0.2) is 4.98 Å². The molecule has 0 atom stereocenters. The third-order valence-electron chi connectivity index (χ3n) is 3.85. The molecule has 1 aliphatic rings. The number of nitrogens with zero attached hydrogens (tertiary/aromatic N) is 1. The number of benzene rings is 2. The van der Waals surface area contributed by atoms with Crippen LogP contribution in [0.15, 0.2) is 47.4 Å². The molecule has 2 heterocycles. The second kappa shape index (κ2) is 5.32. The Kier molecular flexibility index (Phi) is 3.64. The Hall–Kier alpha value is -1.58. The van der Waals surface area contributed by atoms with Crippen molar-refractivity contribution in [2.45, 2.75) is 17.6 Å². The average molecular weight is 318 g/mol. The molecule has 2 aromatic carbocycles. The summed E-state index contributed by atoms with van der Waals surface area (Å²) in [5, 5.41) is 1.19. The van der Waals surface area contributed by atoms with Crippen molar-refractivity contribution in [3.8, 4) is 11.3 Å². The predicted octanol–water partition coefficient (Wildman–Crippen LogP) is 5.38. The van der Waals surface area contributed by atoms with Gasteiger partial charge in [-0.25, -0.2) is 9.37 Å². The molecule has 0 amide bonds. The van der Waals surface area contributed by atoms with Gasteiger partial charge in [0.15, 0.2) is 0 Å². The van der Waals surface area contributed by atoms with E-state index in [0.29, 0.717) is 0 Å². The molecule has 0 spiro atoms. The van der Waals surface area contributed by atoms with Gasteiger partial charge in [0, 0.05) is 21.6 Å². The van der Waals surface area contributed by atoms with Crippen LogP contribution in [-0.2, 0) is 5.75 Å². The van der Waals surface area contributed by atoms with Gasteiger partial charge < -0.3 is 0 Å². The van der Waals surface area contributed by atoms with E-state index in [1.54, 1.807) is 17.8 Å². The maximum Gasteiger partial charge on any atom is 0.123 e. The largest absolute Gasteiger partial charge is 0.247 e. The highest BCUT2D eigenvalue weighted by molar-refractivity contribution is 7.98. The van der Waals surface area contributed by atoms with Gasteiger partial charge >= 0.3 is 0 Å². The van der Waals surface area contributed by atoms with Crippen molar-refractivity contribution in [2.24, 2.45) is 0 Å². The lowest BCUT2D eigenvalue weighted by Gasteiger charge is -2.21. The molecule has 0 aliphatic carbocycles. The lowest BCUT2D eigenvalue weighted by atomic mass is 9.98. The van der Waals surface area contributed by atoms with Gasteiger partial charge in [0.2, 0.25) is 0 Å². The number of aryl methyl sites for hydroxylation is 1. The molecule has 21 heavy (non-hydrogen) atoms. The van der Waals surface area contributed by atoms with Gasteiger partial charge in [-0.05, 0) is 42.3 Å². The summed E-state index contributed by atoms with van der Waals surface area (Å²) in [6, 6.07) is 13.1. The molecule has 4 heteroatoms. The van der Waals surface area contributed by atoms with Gasteiger partial charge in [-0.3, -0.25) is 0 Å². The van der Waals surface area contributed by atoms with Crippen LogP contribution in [0.1, 0.15) is 11.1 Å². The quantitative estimate of drug-likeness (QED) is 0.552. The number of hydrogen-bond acceptors (Lipinski definition) is 2. The van der Waals surface area contributed by atoms with Crippen molar-refractivity contribution in [2.75, 3.05) is 0 Å². The first-order valence-electron chi connectivity index (χ1n) is 6.55. The van der Waals surface area contributed by atoms with Crippen molar-refractivity contribution in [1.82, 2.24) is 4.98 Å². The van der Waals surface area contributed by atoms with E-state index in [1.165, 1.54) is 22.6 Å². The zero-order valence-corrected chi connectivity index (χ0v) is 13.0. The zero-order chi connectivity index (χ0) is 13.7. The van der Waals surface area contributed by atoms with Crippen LogP contribution in [0.3, 0.4) is 0 Å². The Morgan fingerprint density at radius 3 is 2.81 bits per heavy atom. The monoisotopic (exact) mass is 317 g/mol. The van der Waals surface area contributed by atoms with Gasteiger partial charge in [0.1, 0.15) is 5.82 Å². The summed E-state index contributed by atoms with van der Waals surface area (Å²) in [6.07, 6.45) is 0. The van der Waals surface area contributed by atoms with E-state index < -0.39 is 0 Å². The molecule has 106 valence electrons. The third kappa shape index (κ3) is 2.21. The summed E-state index contributed by atoms with van der Waals surface area (Å²) in [5.74, 6) is 0.697. The Labute approximate surface area is 133 Å². The second-order valence-corrected chi connectivity index (χ2v) is 6.03. The van der Waals surface area contributed by atoms with Crippen LogP contribution in [0, 0.1) is 12.7 Å². The van der Waals surface area contributed by atoms with Crippen LogP contribution in [0.5, 0.6) is 0 Å². The Balaban J connectivity index is 0.00000132. The fraction of sp³-hybridized carbons (Fsp3) is 0.118. The van der Waals surface area contributed by atoms with E-state index in [4.69, 9.17) is 4.98 Å². The molecule has 0 saturated carbocycles. The number of rotatable bonds is 0. The normalized spacial score (nSPS) is 12.5. The Bertz CT molecular complexity index is 848. The standard InChI is InChI=1S/C17H12FNS.ClH/c1-10-12-4-2-3-5-15(12)19-17-13-8-11(18)6-7-16(13)20-9-14(10)17;/h2-8H,9H2,1H3;1H. The molecule has 0 fully saturated rings. The molecule has 3 aromatic rings. The molecule has 0 saturated heterocycles. The first-order chi connectivity index (χ1) is 9.74. The summed E-state index contributed by atoms with van der Waals surface area (Å²) in [7, 11) is 0. The maximum atomic E-state index is 13.6. The zero-order valence-electron chi connectivity index (χ0n) is 11.4. The fourth-order valence-electron chi connectivity index (χ4n) is 2.78. The van der Waals surface area contributed by atoms with E-state index in [1.807, 2.05) is 24.3 Å². The molecule has 0 unspecified atom stereocenters. The second-order valence-electron chi connectivity index (χ2n) is 5.01. The van der Waals surface area contributed by atoms with E-state index in [2.05, 4.69) is 13.0 Å². The molecule has 0 bridgehead atoms. The van der Waals surface area contributed by atoms with Crippen molar-refractivity contribution < 1.29 is 4.39 Å². The predicted molar refractivity (Wildman–Crippen MR) is 88.7 cm³/mol. The summed E-state index contributed by atoms with van der Waals surface area (Å²) < 4.78 is 13.6. The number of pyridine rings is 1. The summed E-state index contributed by atoms with van der Waals surface area (Å²) in [6.45, 7) is 2.13. The fourth-order valence-corrected chi connectivity index (χ4v) is 3.91. The van der Waals surface area contributed by atoms with Crippen molar-refractivity contribution in [3.63, 3.8) is 0 Å². The highest BCUT2D eigenvalue weighted by atomic mass is 35.5. The van der Waals surface area contributed by atoms with E-state index in [0.717, 1.165) is 27.4 Å². The summed E-state index contributed by atoms with van der Waals surface area (Å²) in [4.78, 5) is 5.89. The number of fused-ring (bicyclic) bond motifs is 4. The molecule has 0 radical (unpaired) electrons. The van der Waals surface area contributed by atoms with Crippen LogP contribution in [0.2, 0.25) is 0 Å². The van der Waals surface area contributed by atoms with Crippen LogP contribution in [0.25, 0.3) is 22.2 Å². The van der Waals surface area contributed by atoms with Crippen molar-refractivity contribution >= 4 is 35.1 Å². The molecule has 1 aromatic heterocycles. The molecular weight excluding hydrogens is 305 g/mol. The number of aromatic nitrogens is 1. The number of thioether (sulfide) groups is 1. The maximum absolute atomic E-state index is 13.6.